The molecule has 1 aliphatic rings. The molecule has 6 heteroatoms. The maximum atomic E-state index is 5.90. The molecule has 1 aliphatic heterocycles. The van der Waals surface area contributed by atoms with E-state index in [0.29, 0.717) is 13.2 Å². The minimum Gasteiger partial charge on any atom is -0.491 e. The molecule has 0 amide bonds. The third-order valence-corrected chi connectivity index (χ3v) is 3.23. The number of fused-ring (bicyclic) bond motifs is 1. The lowest BCUT2D eigenvalue weighted by atomic mass is 10.1. The molecular weight excluding hydrogens is 270 g/mol. The summed E-state index contributed by atoms with van der Waals surface area (Å²) in [5.74, 6) is 2.27. The summed E-state index contributed by atoms with van der Waals surface area (Å²) in [6, 6.07) is 5.78. The minimum atomic E-state index is 0.0545. The highest BCUT2D eigenvalue weighted by Gasteiger charge is 2.18. The summed E-state index contributed by atoms with van der Waals surface area (Å²) in [7, 11) is 0. The van der Waals surface area contributed by atoms with Gasteiger partial charge in [-0.25, -0.2) is 0 Å². The van der Waals surface area contributed by atoms with E-state index in [2.05, 4.69) is 5.10 Å². The molecule has 0 bridgehead atoms. The van der Waals surface area contributed by atoms with Crippen LogP contribution in [0.15, 0.2) is 30.6 Å². The average molecular weight is 289 g/mol. The van der Waals surface area contributed by atoms with Crippen molar-refractivity contribution in [1.82, 2.24) is 9.78 Å². The largest absolute Gasteiger partial charge is 0.491 e. The quantitative estimate of drug-likeness (QED) is 0.874. The van der Waals surface area contributed by atoms with Crippen LogP contribution in [0.4, 0.5) is 0 Å². The fourth-order valence-electron chi connectivity index (χ4n) is 2.29. The van der Waals surface area contributed by atoms with Gasteiger partial charge in [-0.2, -0.15) is 5.10 Å². The van der Waals surface area contributed by atoms with Crippen LogP contribution in [0.2, 0.25) is 0 Å². The second-order valence-corrected chi connectivity index (χ2v) is 5.11. The summed E-state index contributed by atoms with van der Waals surface area (Å²) < 4.78 is 18.5. The molecule has 0 aliphatic carbocycles. The average Bonchev–Trinajstić information content (AvgIpc) is 3.09. The molecular formula is C15H19N3O3. The molecule has 0 spiro atoms. The van der Waals surface area contributed by atoms with Gasteiger partial charge in [-0.1, -0.05) is 0 Å². The van der Waals surface area contributed by atoms with Crippen LogP contribution in [0.5, 0.6) is 17.2 Å². The summed E-state index contributed by atoms with van der Waals surface area (Å²) in [5.41, 5.74) is 6.94. The van der Waals surface area contributed by atoms with Crippen LogP contribution in [-0.4, -0.2) is 29.2 Å². The van der Waals surface area contributed by atoms with E-state index in [-0.39, 0.29) is 12.8 Å². The second-order valence-electron chi connectivity index (χ2n) is 5.11. The van der Waals surface area contributed by atoms with Gasteiger partial charge in [-0.15, -0.1) is 0 Å². The Morgan fingerprint density at radius 1 is 1.38 bits per heavy atom. The molecule has 1 unspecified atom stereocenters. The van der Waals surface area contributed by atoms with Gasteiger partial charge in [0.25, 0.3) is 0 Å². The Bertz CT molecular complexity index is 596. The molecule has 6 nitrogen and oxygen atoms in total. The van der Waals surface area contributed by atoms with Crippen LogP contribution >= 0.6 is 0 Å². The third kappa shape index (κ3) is 3.28. The van der Waals surface area contributed by atoms with Crippen LogP contribution in [0.25, 0.3) is 0 Å². The van der Waals surface area contributed by atoms with Crippen molar-refractivity contribution in [1.29, 1.82) is 0 Å². The molecule has 1 aromatic carbocycles. The second kappa shape index (κ2) is 6.05. The Morgan fingerprint density at radius 3 is 2.90 bits per heavy atom. The number of nitrogens with zero attached hydrogens (tertiary/aromatic N) is 2. The normalized spacial score (nSPS) is 14.2. The van der Waals surface area contributed by atoms with Gasteiger partial charge in [0, 0.05) is 24.5 Å². The Hall–Kier alpha value is -2.21. The van der Waals surface area contributed by atoms with Gasteiger partial charge < -0.3 is 19.9 Å². The third-order valence-electron chi connectivity index (χ3n) is 3.23. The highest BCUT2D eigenvalue weighted by molar-refractivity contribution is 5.52. The van der Waals surface area contributed by atoms with Gasteiger partial charge in [0.1, 0.15) is 12.4 Å². The Labute approximate surface area is 123 Å². The van der Waals surface area contributed by atoms with Crippen molar-refractivity contribution in [3.8, 4) is 17.2 Å². The van der Waals surface area contributed by atoms with Crippen LogP contribution in [0.1, 0.15) is 12.5 Å². The van der Waals surface area contributed by atoms with E-state index in [1.807, 2.05) is 36.0 Å². The van der Waals surface area contributed by atoms with Crippen molar-refractivity contribution >= 4 is 0 Å². The van der Waals surface area contributed by atoms with Crippen LogP contribution in [0, 0.1) is 0 Å². The molecule has 2 N–H and O–H groups in total. The van der Waals surface area contributed by atoms with Gasteiger partial charge in [-0.05, 0) is 31.0 Å². The van der Waals surface area contributed by atoms with Crippen molar-refractivity contribution in [2.75, 3.05) is 13.4 Å². The topological polar surface area (TPSA) is 71.5 Å². The van der Waals surface area contributed by atoms with Crippen molar-refractivity contribution < 1.29 is 14.2 Å². The summed E-state index contributed by atoms with van der Waals surface area (Å²) in [4.78, 5) is 0. The Morgan fingerprint density at radius 2 is 2.19 bits per heavy atom. The van der Waals surface area contributed by atoms with E-state index in [1.54, 1.807) is 6.20 Å². The van der Waals surface area contributed by atoms with Gasteiger partial charge in [0.15, 0.2) is 11.5 Å². The number of ether oxygens (including phenoxy) is 3. The van der Waals surface area contributed by atoms with Crippen LogP contribution in [-0.2, 0) is 13.0 Å². The molecule has 0 radical (unpaired) electrons. The molecule has 0 fully saturated rings. The summed E-state index contributed by atoms with van der Waals surface area (Å²) in [6.45, 7) is 3.45. The highest BCUT2D eigenvalue weighted by atomic mass is 16.7. The monoisotopic (exact) mass is 289 g/mol. The van der Waals surface area contributed by atoms with E-state index in [9.17, 15) is 0 Å². The summed E-state index contributed by atoms with van der Waals surface area (Å²) in [5, 5.41) is 4.15. The number of hydrogen-bond donors (Lipinski definition) is 1. The first-order chi connectivity index (χ1) is 10.2. The molecule has 0 saturated carbocycles. The first kappa shape index (κ1) is 13.8. The van der Waals surface area contributed by atoms with E-state index < -0.39 is 0 Å². The lowest BCUT2D eigenvalue weighted by Gasteiger charge is -2.14. The van der Waals surface area contributed by atoms with Crippen molar-refractivity contribution in [2.24, 2.45) is 5.73 Å². The number of nitrogens with two attached hydrogens (primary N) is 1. The minimum absolute atomic E-state index is 0.0545. The molecule has 3 rings (SSSR count). The number of rotatable bonds is 6. The van der Waals surface area contributed by atoms with Crippen LogP contribution in [0.3, 0.4) is 0 Å². The first-order valence-electron chi connectivity index (χ1n) is 7.00. The SMILES string of the molecule is CC(N)Cc1cc2c(cc1OCCn1cccn1)OCO2. The molecule has 2 aromatic rings. The molecule has 112 valence electrons. The van der Waals surface area contributed by atoms with E-state index in [0.717, 1.165) is 29.2 Å². The fourth-order valence-corrected chi connectivity index (χ4v) is 2.29. The van der Waals surface area contributed by atoms with Crippen molar-refractivity contribution in [2.45, 2.75) is 25.9 Å². The number of benzene rings is 1. The van der Waals surface area contributed by atoms with Crippen molar-refractivity contribution in [3.63, 3.8) is 0 Å². The Kier molecular flexibility index (Phi) is 3.96. The zero-order valence-corrected chi connectivity index (χ0v) is 12.0. The Balaban J connectivity index is 1.72. The summed E-state index contributed by atoms with van der Waals surface area (Å²) >= 11 is 0. The molecule has 2 heterocycles. The first-order valence-corrected chi connectivity index (χ1v) is 7.00. The zero-order chi connectivity index (χ0) is 14.7. The fraction of sp³-hybridized carbons (Fsp3) is 0.400. The van der Waals surface area contributed by atoms with Gasteiger partial charge >= 0.3 is 0 Å². The van der Waals surface area contributed by atoms with Gasteiger partial charge in [0.2, 0.25) is 6.79 Å². The number of hydrogen-bond acceptors (Lipinski definition) is 5. The maximum Gasteiger partial charge on any atom is 0.231 e. The molecule has 1 atom stereocenters. The smallest absolute Gasteiger partial charge is 0.231 e. The highest BCUT2D eigenvalue weighted by Crippen LogP contribution is 2.38. The van der Waals surface area contributed by atoms with Crippen LogP contribution < -0.4 is 19.9 Å². The lowest BCUT2D eigenvalue weighted by Crippen LogP contribution is -2.18. The van der Waals surface area contributed by atoms with E-state index in [1.165, 1.54) is 0 Å². The standard InChI is InChI=1S/C15H19N3O3/c1-11(16)7-12-8-14-15(21-10-20-14)9-13(12)19-6-5-18-4-2-3-17-18/h2-4,8-9,11H,5-7,10,16H2,1H3. The lowest BCUT2D eigenvalue weighted by molar-refractivity contribution is 0.173. The molecule has 21 heavy (non-hydrogen) atoms. The van der Waals surface area contributed by atoms with E-state index in [4.69, 9.17) is 19.9 Å². The van der Waals surface area contributed by atoms with Gasteiger partial charge in [0.05, 0.1) is 6.54 Å². The van der Waals surface area contributed by atoms with E-state index >= 15 is 0 Å². The number of aromatic nitrogens is 2. The molecule has 0 saturated heterocycles. The maximum absolute atomic E-state index is 5.90. The molecule has 1 aromatic heterocycles. The zero-order valence-electron chi connectivity index (χ0n) is 12.0. The summed E-state index contributed by atoms with van der Waals surface area (Å²) in [6.07, 6.45) is 4.39. The van der Waals surface area contributed by atoms with Crippen molar-refractivity contribution in [3.05, 3.63) is 36.2 Å². The van der Waals surface area contributed by atoms with Gasteiger partial charge in [-0.3, -0.25) is 4.68 Å². The predicted molar refractivity (Wildman–Crippen MR) is 77.6 cm³/mol. The predicted octanol–water partition coefficient (Wildman–Crippen LogP) is 1.58.